The maximum absolute atomic E-state index is 14.2. The van der Waals surface area contributed by atoms with Crippen LogP contribution in [0.3, 0.4) is 0 Å². The first kappa shape index (κ1) is 16.7. The van der Waals surface area contributed by atoms with Crippen LogP contribution in [0, 0.1) is 10.1 Å². The zero-order chi connectivity index (χ0) is 17.1. The highest BCUT2D eigenvalue weighted by molar-refractivity contribution is 6.12. The molecular weight excluding hydrogens is 307 g/mol. The Hall–Kier alpha value is -2.71. The van der Waals surface area contributed by atoms with Gasteiger partial charge in [0.05, 0.1) is 16.7 Å². The smallest absolute Gasteiger partial charge is 0.318 e. The van der Waals surface area contributed by atoms with E-state index in [0.29, 0.717) is 13.0 Å². The average molecular weight is 324 g/mol. The van der Waals surface area contributed by atoms with Gasteiger partial charge in [-0.25, -0.2) is 4.79 Å². The molecule has 23 heavy (non-hydrogen) atoms. The molecule has 0 radical (unpaired) electrons. The number of imide groups is 1. The fourth-order valence-electron chi connectivity index (χ4n) is 2.41. The van der Waals surface area contributed by atoms with Gasteiger partial charge < -0.3 is 4.90 Å². The van der Waals surface area contributed by atoms with E-state index < -0.39 is 28.5 Å². The number of hydrogen-bond donors (Lipinski definition) is 1. The second-order valence-electron chi connectivity index (χ2n) is 5.05. The van der Waals surface area contributed by atoms with E-state index in [1.54, 1.807) is 6.92 Å². The van der Waals surface area contributed by atoms with Crippen molar-refractivity contribution in [3.05, 3.63) is 45.3 Å². The van der Waals surface area contributed by atoms with E-state index >= 15 is 0 Å². The Morgan fingerprint density at radius 2 is 2.04 bits per heavy atom. The molecule has 0 atom stereocenters. The van der Waals surface area contributed by atoms with Gasteiger partial charge >= 0.3 is 6.03 Å². The first-order chi connectivity index (χ1) is 10.9. The Morgan fingerprint density at radius 1 is 1.35 bits per heavy atom. The molecule has 1 N–H and O–H groups in total. The Bertz CT molecular complexity index is 653. The van der Waals surface area contributed by atoms with Gasteiger partial charge in [-0.15, -0.1) is 0 Å². The quantitative estimate of drug-likeness (QED) is 0.274. The highest BCUT2D eigenvalue weighted by Gasteiger charge is 2.39. The van der Waals surface area contributed by atoms with E-state index in [0.717, 1.165) is 28.5 Å². The van der Waals surface area contributed by atoms with Gasteiger partial charge in [-0.05, 0) is 13.3 Å². The molecule has 0 spiro atoms. The number of rotatable bonds is 5. The Labute approximate surface area is 132 Å². The van der Waals surface area contributed by atoms with E-state index in [1.807, 2.05) is 6.92 Å². The molecule has 0 aliphatic carbocycles. The van der Waals surface area contributed by atoms with Gasteiger partial charge in [0.1, 0.15) is 5.70 Å². The third kappa shape index (κ3) is 3.08. The van der Waals surface area contributed by atoms with Crippen LogP contribution in [0.25, 0.3) is 0 Å². The number of carbonyl (C=O) groups is 2. The van der Waals surface area contributed by atoms with E-state index in [4.69, 9.17) is 0 Å². The molecular formula is C14H17FN4O4. The molecule has 0 unspecified atom stereocenters. The number of likely N-dealkylation sites (N-methyl/N-ethyl adjacent to an activating group) is 1. The first-order valence-corrected chi connectivity index (χ1v) is 7.28. The van der Waals surface area contributed by atoms with Gasteiger partial charge in [0, 0.05) is 19.2 Å². The Kier molecular flexibility index (Phi) is 4.77. The fourth-order valence-corrected chi connectivity index (χ4v) is 2.41. The van der Waals surface area contributed by atoms with Crippen LogP contribution >= 0.6 is 0 Å². The molecule has 8 nitrogen and oxygen atoms in total. The highest BCUT2D eigenvalue weighted by Crippen LogP contribution is 2.30. The zero-order valence-corrected chi connectivity index (χ0v) is 12.8. The number of urea groups is 1. The number of halogens is 1. The lowest BCUT2D eigenvalue weighted by Crippen LogP contribution is -2.28. The van der Waals surface area contributed by atoms with Crippen LogP contribution < -0.4 is 5.32 Å². The molecule has 2 aliphatic rings. The molecule has 2 rings (SSSR count). The molecule has 0 aromatic rings. The van der Waals surface area contributed by atoms with Gasteiger partial charge in [-0.1, -0.05) is 13.3 Å². The number of allylic oxidation sites excluding steroid dienone is 1. The SMILES string of the molecule is CCCCN1C=C([N+](=O)[O-])C(=C2C(=O)NC(=O)N2CC)C=C1F. The van der Waals surface area contributed by atoms with Crippen LogP contribution in [0.15, 0.2) is 35.2 Å². The lowest BCUT2D eigenvalue weighted by molar-refractivity contribution is -0.421. The van der Waals surface area contributed by atoms with Crippen molar-refractivity contribution in [2.45, 2.75) is 26.7 Å². The van der Waals surface area contributed by atoms with E-state index in [-0.39, 0.29) is 17.8 Å². The minimum Gasteiger partial charge on any atom is -0.318 e. The minimum atomic E-state index is -0.773. The molecule has 9 heteroatoms. The third-order valence-corrected chi connectivity index (χ3v) is 3.56. The maximum Gasteiger partial charge on any atom is 0.329 e. The predicted molar refractivity (Wildman–Crippen MR) is 78.8 cm³/mol. The number of hydrogen-bond acceptors (Lipinski definition) is 5. The molecule has 0 saturated carbocycles. The van der Waals surface area contributed by atoms with Crippen LogP contribution in [0.1, 0.15) is 26.7 Å². The van der Waals surface area contributed by atoms with E-state index in [9.17, 15) is 24.1 Å². The molecule has 2 heterocycles. The number of carbonyl (C=O) groups excluding carboxylic acids is 2. The van der Waals surface area contributed by atoms with Crippen LogP contribution in [-0.4, -0.2) is 39.8 Å². The lowest BCUT2D eigenvalue weighted by Gasteiger charge is -2.23. The molecule has 2 aliphatic heterocycles. The predicted octanol–water partition coefficient (Wildman–Crippen LogP) is 1.86. The normalized spacial score (nSPS) is 21.3. The summed E-state index contributed by atoms with van der Waals surface area (Å²) in [6.45, 7) is 3.97. The summed E-state index contributed by atoms with van der Waals surface area (Å²) >= 11 is 0. The van der Waals surface area contributed by atoms with Crippen LogP contribution in [0.5, 0.6) is 0 Å². The number of nitro groups is 1. The largest absolute Gasteiger partial charge is 0.329 e. The summed E-state index contributed by atoms with van der Waals surface area (Å²) in [5.74, 6) is -1.47. The van der Waals surface area contributed by atoms with Crippen molar-refractivity contribution in [2.24, 2.45) is 0 Å². The Morgan fingerprint density at radius 3 is 2.61 bits per heavy atom. The van der Waals surface area contributed by atoms with Crippen molar-refractivity contribution in [1.29, 1.82) is 0 Å². The van der Waals surface area contributed by atoms with Gasteiger partial charge in [0.15, 0.2) is 5.95 Å². The van der Waals surface area contributed by atoms with Crippen molar-refractivity contribution in [3.63, 3.8) is 0 Å². The number of nitrogens with zero attached hydrogens (tertiary/aromatic N) is 3. The second kappa shape index (κ2) is 6.59. The van der Waals surface area contributed by atoms with Crippen molar-refractivity contribution in [2.75, 3.05) is 13.1 Å². The monoisotopic (exact) mass is 324 g/mol. The van der Waals surface area contributed by atoms with E-state index in [1.165, 1.54) is 0 Å². The first-order valence-electron chi connectivity index (χ1n) is 7.28. The van der Waals surface area contributed by atoms with Crippen molar-refractivity contribution >= 4 is 11.9 Å². The van der Waals surface area contributed by atoms with Gasteiger partial charge in [-0.2, -0.15) is 4.39 Å². The molecule has 0 bridgehead atoms. The molecule has 0 aromatic heterocycles. The van der Waals surface area contributed by atoms with Gasteiger partial charge in [0.2, 0.25) is 0 Å². The Balaban J connectivity index is 2.53. The van der Waals surface area contributed by atoms with Crippen LogP contribution in [-0.2, 0) is 4.79 Å². The number of unbranched alkanes of at least 4 members (excludes halogenated alkanes) is 1. The van der Waals surface area contributed by atoms with Gasteiger partial charge in [-0.3, -0.25) is 25.1 Å². The van der Waals surface area contributed by atoms with E-state index in [2.05, 4.69) is 5.32 Å². The molecule has 124 valence electrons. The third-order valence-electron chi connectivity index (χ3n) is 3.56. The highest BCUT2D eigenvalue weighted by atomic mass is 19.1. The summed E-state index contributed by atoms with van der Waals surface area (Å²) in [4.78, 5) is 36.4. The summed E-state index contributed by atoms with van der Waals surface area (Å²) in [5, 5.41) is 13.4. The topological polar surface area (TPSA) is 95.8 Å². The molecule has 0 aromatic carbocycles. The maximum atomic E-state index is 14.2. The fraction of sp³-hybridized carbons (Fsp3) is 0.429. The molecule has 3 amide bonds. The lowest BCUT2D eigenvalue weighted by atomic mass is 10.1. The second-order valence-corrected chi connectivity index (χ2v) is 5.05. The molecule has 1 fully saturated rings. The average Bonchev–Trinajstić information content (AvgIpc) is 2.78. The number of nitrogens with one attached hydrogen (secondary N) is 1. The van der Waals surface area contributed by atoms with Crippen LogP contribution in [0.4, 0.5) is 9.18 Å². The van der Waals surface area contributed by atoms with Gasteiger partial charge in [0.25, 0.3) is 11.6 Å². The molecule has 1 saturated heterocycles. The number of amides is 3. The minimum absolute atomic E-state index is 0.135. The van der Waals surface area contributed by atoms with Crippen molar-refractivity contribution in [1.82, 2.24) is 15.1 Å². The summed E-state index contributed by atoms with van der Waals surface area (Å²) in [6.07, 6.45) is 3.47. The summed E-state index contributed by atoms with van der Waals surface area (Å²) in [5.41, 5.74) is -0.822. The summed E-state index contributed by atoms with van der Waals surface area (Å²) < 4.78 is 14.2. The zero-order valence-electron chi connectivity index (χ0n) is 12.8. The summed E-state index contributed by atoms with van der Waals surface area (Å²) in [6, 6.07) is -0.676. The standard InChI is InChI=1S/C14H17FN4O4/c1-3-5-6-17-8-10(19(22)23)9(7-11(17)15)12-13(20)16-14(21)18(12)4-2/h7-8H,3-6H2,1-2H3,(H,16,20,21). The van der Waals surface area contributed by atoms with Crippen LogP contribution in [0.2, 0.25) is 0 Å². The van der Waals surface area contributed by atoms with Crippen molar-refractivity contribution < 1.29 is 18.9 Å². The van der Waals surface area contributed by atoms with Crippen molar-refractivity contribution in [3.8, 4) is 0 Å². The summed E-state index contributed by atoms with van der Waals surface area (Å²) in [7, 11) is 0.